The predicted octanol–water partition coefficient (Wildman–Crippen LogP) is 4.42. The Bertz CT molecular complexity index is 506. The first-order chi connectivity index (χ1) is 10.2. The number of benzene rings is 2. The lowest BCUT2D eigenvalue weighted by Crippen LogP contribution is -2.09. The zero-order valence-electron chi connectivity index (χ0n) is 12.6. The van der Waals surface area contributed by atoms with Gasteiger partial charge in [0.05, 0.1) is 25.9 Å². The molecular weight excluding hydrogens is 264 g/mol. The molecule has 0 N–H and O–H groups in total. The van der Waals surface area contributed by atoms with Crippen LogP contribution in [-0.2, 0) is 16.1 Å². The Morgan fingerprint density at radius 2 is 1.48 bits per heavy atom. The van der Waals surface area contributed by atoms with Crippen LogP contribution < -0.4 is 4.74 Å². The predicted molar refractivity (Wildman–Crippen MR) is 83.7 cm³/mol. The van der Waals surface area contributed by atoms with E-state index in [0.29, 0.717) is 19.8 Å². The normalized spacial score (nSPS) is 10.8. The molecule has 2 aromatic rings. The Morgan fingerprint density at radius 1 is 0.810 bits per heavy atom. The average molecular weight is 286 g/mol. The molecule has 0 saturated heterocycles. The van der Waals surface area contributed by atoms with Crippen molar-refractivity contribution < 1.29 is 14.2 Å². The third-order valence-electron chi connectivity index (χ3n) is 2.85. The molecule has 0 spiro atoms. The van der Waals surface area contributed by atoms with Crippen LogP contribution in [-0.4, -0.2) is 19.3 Å². The molecule has 3 nitrogen and oxygen atoms in total. The highest BCUT2D eigenvalue weighted by atomic mass is 16.5. The van der Waals surface area contributed by atoms with Crippen LogP contribution in [0.1, 0.15) is 19.4 Å². The molecule has 0 unspecified atom stereocenters. The standard InChI is InChI=1S/C18H22O3/c1-15(2)20-13-12-19-14-16-8-10-18(11-9-16)21-17-6-4-3-5-7-17/h3-11,15H,12-14H2,1-2H3. The van der Waals surface area contributed by atoms with Crippen LogP contribution in [0, 0.1) is 0 Å². The molecular formula is C18H22O3. The van der Waals surface area contributed by atoms with Crippen molar-refractivity contribution in [2.75, 3.05) is 13.2 Å². The summed E-state index contributed by atoms with van der Waals surface area (Å²) in [6.07, 6.45) is 0.253. The second-order valence-electron chi connectivity index (χ2n) is 5.03. The Balaban J connectivity index is 1.74. The number of hydrogen-bond donors (Lipinski definition) is 0. The van der Waals surface area contributed by atoms with Crippen LogP contribution in [0.5, 0.6) is 11.5 Å². The maximum atomic E-state index is 5.74. The van der Waals surface area contributed by atoms with Gasteiger partial charge >= 0.3 is 0 Å². The third-order valence-corrected chi connectivity index (χ3v) is 2.85. The molecule has 0 atom stereocenters. The Morgan fingerprint density at radius 3 is 2.14 bits per heavy atom. The maximum Gasteiger partial charge on any atom is 0.127 e. The molecule has 2 rings (SSSR count). The van der Waals surface area contributed by atoms with E-state index in [-0.39, 0.29) is 6.10 Å². The van der Waals surface area contributed by atoms with Crippen LogP contribution >= 0.6 is 0 Å². The van der Waals surface area contributed by atoms with Crippen molar-refractivity contribution >= 4 is 0 Å². The Labute approximate surface area is 126 Å². The summed E-state index contributed by atoms with van der Waals surface area (Å²) >= 11 is 0. The molecule has 0 heterocycles. The quantitative estimate of drug-likeness (QED) is 0.672. The van der Waals surface area contributed by atoms with Gasteiger partial charge in [0, 0.05) is 0 Å². The second-order valence-corrected chi connectivity index (χ2v) is 5.03. The van der Waals surface area contributed by atoms with E-state index in [1.165, 1.54) is 0 Å². The minimum atomic E-state index is 0.253. The van der Waals surface area contributed by atoms with E-state index in [1.54, 1.807) is 0 Å². The number of hydrogen-bond acceptors (Lipinski definition) is 3. The van der Waals surface area contributed by atoms with E-state index in [2.05, 4.69) is 0 Å². The SMILES string of the molecule is CC(C)OCCOCc1ccc(Oc2ccccc2)cc1. The van der Waals surface area contributed by atoms with E-state index in [1.807, 2.05) is 68.4 Å². The van der Waals surface area contributed by atoms with Gasteiger partial charge in [0.2, 0.25) is 0 Å². The summed E-state index contributed by atoms with van der Waals surface area (Å²) in [6.45, 7) is 5.87. The summed E-state index contributed by atoms with van der Waals surface area (Å²) in [5.41, 5.74) is 1.12. The van der Waals surface area contributed by atoms with Gasteiger partial charge in [-0.3, -0.25) is 0 Å². The fourth-order valence-corrected chi connectivity index (χ4v) is 1.81. The van der Waals surface area contributed by atoms with Crippen LogP contribution in [0.4, 0.5) is 0 Å². The zero-order valence-corrected chi connectivity index (χ0v) is 12.6. The Hall–Kier alpha value is -1.84. The molecule has 0 radical (unpaired) electrons. The summed E-state index contributed by atoms with van der Waals surface area (Å²) in [6, 6.07) is 17.7. The smallest absolute Gasteiger partial charge is 0.127 e. The van der Waals surface area contributed by atoms with Crippen molar-refractivity contribution in [3.05, 3.63) is 60.2 Å². The first-order valence-corrected chi connectivity index (χ1v) is 7.25. The van der Waals surface area contributed by atoms with Gasteiger partial charge in [-0.25, -0.2) is 0 Å². The first kappa shape index (κ1) is 15.5. The van der Waals surface area contributed by atoms with Gasteiger partial charge in [-0.15, -0.1) is 0 Å². The average Bonchev–Trinajstić information content (AvgIpc) is 2.49. The summed E-state index contributed by atoms with van der Waals surface area (Å²) in [5.74, 6) is 1.67. The lowest BCUT2D eigenvalue weighted by molar-refractivity contribution is 0.0143. The van der Waals surface area contributed by atoms with Crippen molar-refractivity contribution in [1.82, 2.24) is 0 Å². The fraction of sp³-hybridized carbons (Fsp3) is 0.333. The monoisotopic (exact) mass is 286 g/mol. The minimum absolute atomic E-state index is 0.253. The van der Waals surface area contributed by atoms with Crippen LogP contribution in [0.3, 0.4) is 0 Å². The Kier molecular flexibility index (Phi) is 6.25. The molecule has 112 valence electrons. The van der Waals surface area contributed by atoms with Gasteiger partial charge in [0.15, 0.2) is 0 Å². The topological polar surface area (TPSA) is 27.7 Å². The highest BCUT2D eigenvalue weighted by molar-refractivity contribution is 5.32. The molecule has 0 amide bonds. The van der Waals surface area contributed by atoms with Crippen molar-refractivity contribution in [3.8, 4) is 11.5 Å². The highest BCUT2D eigenvalue weighted by Crippen LogP contribution is 2.21. The van der Waals surface area contributed by atoms with Crippen molar-refractivity contribution in [3.63, 3.8) is 0 Å². The number of rotatable bonds is 8. The fourth-order valence-electron chi connectivity index (χ4n) is 1.81. The van der Waals surface area contributed by atoms with Crippen molar-refractivity contribution in [1.29, 1.82) is 0 Å². The van der Waals surface area contributed by atoms with Crippen molar-refractivity contribution in [2.24, 2.45) is 0 Å². The molecule has 0 aliphatic heterocycles. The van der Waals surface area contributed by atoms with Gasteiger partial charge in [0.25, 0.3) is 0 Å². The van der Waals surface area contributed by atoms with E-state index in [0.717, 1.165) is 17.1 Å². The molecule has 0 fully saturated rings. The van der Waals surface area contributed by atoms with Gasteiger partial charge in [-0.2, -0.15) is 0 Å². The molecule has 3 heteroatoms. The lowest BCUT2D eigenvalue weighted by Gasteiger charge is -2.09. The van der Waals surface area contributed by atoms with Crippen LogP contribution in [0.2, 0.25) is 0 Å². The van der Waals surface area contributed by atoms with E-state index in [9.17, 15) is 0 Å². The largest absolute Gasteiger partial charge is 0.457 e. The lowest BCUT2D eigenvalue weighted by atomic mass is 10.2. The maximum absolute atomic E-state index is 5.74. The molecule has 0 aromatic heterocycles. The summed E-state index contributed by atoms with van der Waals surface area (Å²) in [7, 11) is 0. The van der Waals surface area contributed by atoms with Gasteiger partial charge in [-0.05, 0) is 43.7 Å². The van der Waals surface area contributed by atoms with Gasteiger partial charge in [0.1, 0.15) is 11.5 Å². The molecule has 0 bridgehead atoms. The van der Waals surface area contributed by atoms with Crippen LogP contribution in [0.15, 0.2) is 54.6 Å². The van der Waals surface area contributed by atoms with Gasteiger partial charge in [-0.1, -0.05) is 30.3 Å². The molecule has 0 aliphatic rings. The summed E-state index contributed by atoms with van der Waals surface area (Å²) in [4.78, 5) is 0. The number of para-hydroxylation sites is 1. The summed E-state index contributed by atoms with van der Waals surface area (Å²) in [5, 5.41) is 0. The molecule has 2 aromatic carbocycles. The minimum Gasteiger partial charge on any atom is -0.457 e. The van der Waals surface area contributed by atoms with Crippen LogP contribution in [0.25, 0.3) is 0 Å². The number of ether oxygens (including phenoxy) is 3. The van der Waals surface area contributed by atoms with Gasteiger partial charge < -0.3 is 14.2 Å². The van der Waals surface area contributed by atoms with E-state index < -0.39 is 0 Å². The molecule has 21 heavy (non-hydrogen) atoms. The first-order valence-electron chi connectivity index (χ1n) is 7.25. The third kappa shape index (κ3) is 5.98. The van der Waals surface area contributed by atoms with E-state index >= 15 is 0 Å². The van der Waals surface area contributed by atoms with E-state index in [4.69, 9.17) is 14.2 Å². The van der Waals surface area contributed by atoms with Crippen molar-refractivity contribution in [2.45, 2.75) is 26.6 Å². The molecule has 0 saturated carbocycles. The molecule has 0 aliphatic carbocycles. The highest BCUT2D eigenvalue weighted by Gasteiger charge is 1.98. The second kappa shape index (κ2) is 8.45. The summed E-state index contributed by atoms with van der Waals surface area (Å²) < 4.78 is 16.7. The zero-order chi connectivity index (χ0) is 14.9.